The van der Waals surface area contributed by atoms with E-state index in [9.17, 15) is 4.79 Å². The molecule has 1 fully saturated rings. The summed E-state index contributed by atoms with van der Waals surface area (Å²) in [5, 5.41) is 2.34. The predicted octanol–water partition coefficient (Wildman–Crippen LogP) is 6.52. The average molecular weight is 446 g/mol. The Kier molecular flexibility index (Phi) is 5.18. The third kappa shape index (κ3) is 3.88. The normalized spacial score (nSPS) is 16.3. The molecule has 6 rings (SSSR count). The Labute approximate surface area is 200 Å². The topological polar surface area (TPSA) is 29.5 Å². The van der Waals surface area contributed by atoms with E-state index in [1.165, 1.54) is 16.5 Å². The van der Waals surface area contributed by atoms with Crippen LogP contribution in [0.3, 0.4) is 0 Å². The second-order valence-corrected chi connectivity index (χ2v) is 9.31. The Balaban J connectivity index is 1.14. The Hall–Kier alpha value is -3.85. The summed E-state index contributed by atoms with van der Waals surface area (Å²) < 4.78 is 6.53. The number of ether oxygens (including phenoxy) is 1. The molecule has 168 valence electrons. The Morgan fingerprint density at radius 2 is 1.59 bits per heavy atom. The van der Waals surface area contributed by atoms with Crippen LogP contribution in [0.15, 0.2) is 97.1 Å². The van der Waals surface area contributed by atoms with E-state index in [1.807, 2.05) is 29.2 Å². The molecule has 2 heterocycles. The van der Waals surface area contributed by atoms with Gasteiger partial charge in [0.15, 0.2) is 0 Å². The van der Waals surface area contributed by atoms with Gasteiger partial charge in [-0.15, -0.1) is 0 Å². The number of fused-ring (bicyclic) bond motifs is 2. The number of piperidine rings is 1. The highest BCUT2D eigenvalue weighted by atomic mass is 16.5. The van der Waals surface area contributed by atoms with E-state index >= 15 is 0 Å². The number of hydrogen-bond acceptors (Lipinski definition) is 2. The zero-order valence-electron chi connectivity index (χ0n) is 19.1. The van der Waals surface area contributed by atoms with Crippen molar-refractivity contribution in [2.45, 2.75) is 24.9 Å². The molecule has 0 bridgehead atoms. The van der Waals surface area contributed by atoms with E-state index in [0.29, 0.717) is 19.5 Å². The van der Waals surface area contributed by atoms with Gasteiger partial charge >= 0.3 is 0 Å². The molecular formula is C31H27NO2. The van der Waals surface area contributed by atoms with Crippen LogP contribution in [-0.4, -0.2) is 29.5 Å². The molecule has 1 spiro atoms. The Morgan fingerprint density at radius 3 is 2.44 bits per heavy atom. The van der Waals surface area contributed by atoms with E-state index in [2.05, 4.69) is 78.9 Å². The average Bonchev–Trinajstić information content (AvgIpc) is 2.89. The van der Waals surface area contributed by atoms with Crippen molar-refractivity contribution in [1.82, 2.24) is 4.90 Å². The molecule has 0 unspecified atom stereocenters. The monoisotopic (exact) mass is 445 g/mol. The predicted molar refractivity (Wildman–Crippen MR) is 138 cm³/mol. The number of benzene rings is 4. The van der Waals surface area contributed by atoms with Crippen LogP contribution in [0.2, 0.25) is 0 Å². The van der Waals surface area contributed by atoms with E-state index < -0.39 is 0 Å². The Bertz CT molecular complexity index is 1380. The van der Waals surface area contributed by atoms with Gasteiger partial charge in [0, 0.05) is 31.5 Å². The van der Waals surface area contributed by atoms with Gasteiger partial charge in [0.25, 0.3) is 0 Å². The first-order valence-corrected chi connectivity index (χ1v) is 12.0. The summed E-state index contributed by atoms with van der Waals surface area (Å²) in [6.07, 6.45) is 6.46. The van der Waals surface area contributed by atoms with E-state index in [-0.39, 0.29) is 11.5 Å². The van der Waals surface area contributed by atoms with E-state index in [1.54, 1.807) is 0 Å². The summed E-state index contributed by atoms with van der Waals surface area (Å²) in [6, 6.07) is 31.3. The van der Waals surface area contributed by atoms with Gasteiger partial charge < -0.3 is 9.64 Å². The smallest absolute Gasteiger partial charge is 0.227 e. The zero-order chi connectivity index (χ0) is 23.0. The molecule has 4 aromatic rings. The second kappa shape index (κ2) is 8.49. The van der Waals surface area contributed by atoms with Gasteiger partial charge in [-0.25, -0.2) is 0 Å². The van der Waals surface area contributed by atoms with Crippen molar-refractivity contribution in [3.8, 4) is 16.9 Å². The van der Waals surface area contributed by atoms with Crippen LogP contribution >= 0.6 is 0 Å². The standard InChI is InChI=1S/C31H27NO2/c33-30(22-26-11-6-10-24-9-4-5-12-28(24)26)32-19-17-31(18-20-32)16-15-27-21-25(13-14-29(27)34-31)23-7-2-1-3-8-23/h1-16,21H,17-20,22H2. The molecule has 1 saturated heterocycles. The summed E-state index contributed by atoms with van der Waals surface area (Å²) in [5.74, 6) is 1.12. The molecule has 4 aromatic carbocycles. The van der Waals surface area contributed by atoms with E-state index in [0.717, 1.165) is 35.1 Å². The van der Waals surface area contributed by atoms with Gasteiger partial charge in [0.05, 0.1) is 6.42 Å². The lowest BCUT2D eigenvalue weighted by Gasteiger charge is -2.42. The van der Waals surface area contributed by atoms with Crippen LogP contribution in [-0.2, 0) is 11.2 Å². The summed E-state index contributed by atoms with van der Waals surface area (Å²) in [5.41, 5.74) is 4.29. The first-order valence-electron chi connectivity index (χ1n) is 12.0. The molecule has 1 amide bonds. The maximum Gasteiger partial charge on any atom is 0.227 e. The number of nitrogens with zero attached hydrogens (tertiary/aromatic N) is 1. The highest BCUT2D eigenvalue weighted by Gasteiger charge is 2.38. The van der Waals surface area contributed by atoms with Crippen LogP contribution in [0, 0.1) is 0 Å². The highest BCUT2D eigenvalue weighted by Crippen LogP contribution is 2.39. The maximum absolute atomic E-state index is 13.1. The molecule has 3 nitrogen and oxygen atoms in total. The Morgan fingerprint density at radius 1 is 0.824 bits per heavy atom. The third-order valence-electron chi connectivity index (χ3n) is 7.18. The zero-order valence-corrected chi connectivity index (χ0v) is 19.1. The number of rotatable bonds is 3. The number of carbonyl (C=O) groups excluding carboxylic acids is 1. The third-order valence-corrected chi connectivity index (χ3v) is 7.18. The lowest BCUT2D eigenvalue weighted by molar-refractivity contribution is -0.133. The van der Waals surface area contributed by atoms with Crippen molar-refractivity contribution in [2.24, 2.45) is 0 Å². The van der Waals surface area contributed by atoms with Gasteiger partial charge in [-0.05, 0) is 45.7 Å². The molecule has 2 aliphatic heterocycles. The van der Waals surface area contributed by atoms with Crippen LogP contribution in [0.25, 0.3) is 28.0 Å². The fourth-order valence-corrected chi connectivity index (χ4v) is 5.20. The lowest BCUT2D eigenvalue weighted by atomic mass is 9.87. The first kappa shape index (κ1) is 20.7. The molecule has 0 atom stereocenters. The number of amides is 1. The van der Waals surface area contributed by atoms with Gasteiger partial charge in [0.2, 0.25) is 5.91 Å². The molecule has 34 heavy (non-hydrogen) atoms. The van der Waals surface area contributed by atoms with Crippen molar-refractivity contribution in [3.05, 3.63) is 108 Å². The molecular weight excluding hydrogens is 418 g/mol. The minimum absolute atomic E-state index is 0.193. The van der Waals surface area contributed by atoms with Gasteiger partial charge in [-0.1, -0.05) is 84.9 Å². The minimum atomic E-state index is -0.322. The van der Waals surface area contributed by atoms with E-state index in [4.69, 9.17) is 4.74 Å². The first-order chi connectivity index (χ1) is 16.7. The summed E-state index contributed by atoms with van der Waals surface area (Å²) in [7, 11) is 0. The molecule has 0 aliphatic carbocycles. The number of carbonyl (C=O) groups is 1. The van der Waals surface area contributed by atoms with Crippen molar-refractivity contribution in [1.29, 1.82) is 0 Å². The van der Waals surface area contributed by atoms with Crippen molar-refractivity contribution in [3.63, 3.8) is 0 Å². The summed E-state index contributed by atoms with van der Waals surface area (Å²) in [4.78, 5) is 15.1. The highest BCUT2D eigenvalue weighted by molar-refractivity contribution is 5.90. The minimum Gasteiger partial charge on any atom is -0.482 e. The quantitative estimate of drug-likeness (QED) is 0.359. The van der Waals surface area contributed by atoms with Gasteiger partial charge in [-0.2, -0.15) is 0 Å². The number of hydrogen-bond donors (Lipinski definition) is 0. The van der Waals surface area contributed by atoms with Crippen molar-refractivity contribution >= 4 is 22.8 Å². The largest absolute Gasteiger partial charge is 0.482 e. The van der Waals surface area contributed by atoms with Gasteiger partial charge in [0.1, 0.15) is 11.4 Å². The fourth-order valence-electron chi connectivity index (χ4n) is 5.20. The molecule has 0 radical (unpaired) electrons. The maximum atomic E-state index is 13.1. The summed E-state index contributed by atoms with van der Waals surface area (Å²) >= 11 is 0. The van der Waals surface area contributed by atoms with Gasteiger partial charge in [-0.3, -0.25) is 4.79 Å². The van der Waals surface area contributed by atoms with Crippen molar-refractivity contribution < 1.29 is 9.53 Å². The van der Waals surface area contributed by atoms with Crippen molar-refractivity contribution in [2.75, 3.05) is 13.1 Å². The molecule has 3 heteroatoms. The lowest BCUT2D eigenvalue weighted by Crippen LogP contribution is -2.49. The molecule has 0 aromatic heterocycles. The van der Waals surface area contributed by atoms with Crippen LogP contribution in [0.1, 0.15) is 24.0 Å². The molecule has 0 N–H and O–H groups in total. The second-order valence-electron chi connectivity index (χ2n) is 9.31. The molecule has 0 saturated carbocycles. The van der Waals surface area contributed by atoms with Crippen LogP contribution in [0.5, 0.6) is 5.75 Å². The molecule has 2 aliphatic rings. The van der Waals surface area contributed by atoms with Crippen LogP contribution < -0.4 is 4.74 Å². The van der Waals surface area contributed by atoms with Crippen LogP contribution in [0.4, 0.5) is 0 Å². The SMILES string of the molecule is O=C(Cc1cccc2ccccc12)N1CCC2(C=Cc3cc(-c4ccccc4)ccc3O2)CC1. The fraction of sp³-hybridized carbons (Fsp3) is 0.194. The number of likely N-dealkylation sites (tertiary alicyclic amines) is 1. The summed E-state index contributed by atoms with van der Waals surface area (Å²) in [6.45, 7) is 1.43.